The first-order valence-corrected chi connectivity index (χ1v) is 11.7. The maximum atomic E-state index is 10.6. The fraction of sp³-hybridized carbons (Fsp3) is 0.667. The zero-order valence-electron chi connectivity index (χ0n) is 17.5. The van der Waals surface area contributed by atoms with E-state index in [0.717, 1.165) is 41.5 Å². The van der Waals surface area contributed by atoms with Crippen LogP contribution in [0.5, 0.6) is 11.5 Å². The van der Waals surface area contributed by atoms with Gasteiger partial charge in [0.25, 0.3) is 0 Å². The number of aromatic hydroxyl groups is 1. The van der Waals surface area contributed by atoms with E-state index >= 15 is 0 Å². The molecule has 1 aliphatic carbocycles. The fourth-order valence-electron chi connectivity index (χ4n) is 3.93. The number of likely N-dealkylation sites (N-methyl/N-ethyl adjacent to an activating group) is 1. The number of hydrogen-bond donors (Lipinski definition) is 2. The molecule has 0 spiro atoms. The number of methoxy groups -OCH3 is 1. The van der Waals surface area contributed by atoms with Crippen LogP contribution in [0.15, 0.2) is 23.2 Å². The highest BCUT2D eigenvalue weighted by Gasteiger charge is 2.60. The second-order valence-corrected chi connectivity index (χ2v) is 9.20. The first-order chi connectivity index (χ1) is 14.0. The Balaban J connectivity index is 1.63. The van der Waals surface area contributed by atoms with Crippen LogP contribution in [0.1, 0.15) is 25.3 Å². The maximum absolute atomic E-state index is 10.6. The lowest BCUT2D eigenvalue weighted by atomic mass is 9.91. The fourth-order valence-corrected chi connectivity index (χ4v) is 5.58. The number of thioether (sulfide) groups is 1. The Morgan fingerprint density at radius 1 is 1.24 bits per heavy atom. The van der Waals surface area contributed by atoms with E-state index in [1.807, 2.05) is 12.1 Å². The Hall–Kier alpha value is -0.930. The number of benzene rings is 1. The average molecular weight is 441 g/mol. The van der Waals surface area contributed by atoms with E-state index in [2.05, 4.69) is 31.5 Å². The predicted octanol–water partition coefficient (Wildman–Crippen LogP) is 3.08. The molecule has 1 aromatic carbocycles. The zero-order chi connectivity index (χ0) is 20.9. The van der Waals surface area contributed by atoms with Gasteiger partial charge in [-0.1, -0.05) is 0 Å². The van der Waals surface area contributed by atoms with Gasteiger partial charge in [0.1, 0.15) is 23.1 Å². The van der Waals surface area contributed by atoms with Crippen molar-refractivity contribution < 1.29 is 19.3 Å². The second-order valence-electron chi connectivity index (χ2n) is 7.79. The van der Waals surface area contributed by atoms with Gasteiger partial charge in [0, 0.05) is 42.3 Å². The van der Waals surface area contributed by atoms with Gasteiger partial charge in [-0.25, -0.2) is 0 Å². The lowest BCUT2D eigenvalue weighted by Gasteiger charge is -2.38. The molecule has 8 heteroatoms. The molecule has 29 heavy (non-hydrogen) atoms. The minimum absolute atomic E-state index is 0.117. The number of phenolic OH excluding ortho intramolecular Hbond substituents is 1. The third kappa shape index (κ3) is 5.05. The van der Waals surface area contributed by atoms with Gasteiger partial charge >= 0.3 is 0 Å². The molecule has 0 bridgehead atoms. The van der Waals surface area contributed by atoms with Gasteiger partial charge in [-0.05, 0) is 38.9 Å². The van der Waals surface area contributed by atoms with E-state index in [9.17, 15) is 5.11 Å². The van der Waals surface area contributed by atoms with Crippen molar-refractivity contribution >= 4 is 29.4 Å². The van der Waals surface area contributed by atoms with Crippen LogP contribution in [0.3, 0.4) is 0 Å². The highest BCUT2D eigenvalue weighted by atomic mass is 32.2. The molecule has 0 aromatic heterocycles. The molecular formula is C21H32N2O4S2. The lowest BCUT2D eigenvalue weighted by molar-refractivity contribution is 0.0544. The molecule has 6 nitrogen and oxygen atoms in total. The molecule has 1 N–H and O–H groups in total. The first kappa shape index (κ1) is 22.7. The molecule has 1 heterocycles. The molecule has 1 aromatic rings. The van der Waals surface area contributed by atoms with Crippen LogP contribution in [0.25, 0.3) is 0 Å². The zero-order valence-corrected chi connectivity index (χ0v) is 19.2. The Bertz CT molecular complexity index is 727. The van der Waals surface area contributed by atoms with E-state index in [1.54, 1.807) is 24.9 Å². The van der Waals surface area contributed by atoms with E-state index in [4.69, 9.17) is 19.2 Å². The SMILES string of the molecule is COCCOCCOc1ccc(C2=NC(C)(C3(N(C)CCS)CC3)CS2)c(O)c1. The summed E-state index contributed by atoms with van der Waals surface area (Å²) < 4.78 is 16.0. The van der Waals surface area contributed by atoms with Crippen molar-refractivity contribution in [3.8, 4) is 11.5 Å². The number of aliphatic imine (C=N–C) groups is 1. The summed E-state index contributed by atoms with van der Waals surface area (Å²) in [7, 11) is 3.82. The summed E-state index contributed by atoms with van der Waals surface area (Å²) in [6, 6.07) is 5.43. The van der Waals surface area contributed by atoms with Crippen molar-refractivity contribution in [1.82, 2.24) is 4.90 Å². The van der Waals surface area contributed by atoms with Crippen LogP contribution in [-0.4, -0.2) is 84.8 Å². The number of rotatable bonds is 12. The molecule has 1 saturated carbocycles. The molecule has 1 aliphatic heterocycles. The molecule has 162 valence electrons. The summed E-state index contributed by atoms with van der Waals surface area (Å²) in [5, 5.41) is 11.5. The standard InChI is InChI=1S/C21H32N2O4S2/c1-20(21(6-7-21)23(2)8-13-28)15-29-19(22-20)17-5-4-16(14-18(17)24)27-12-11-26-10-9-25-3/h4-5,14,24,28H,6-13,15H2,1-3H3. The van der Waals surface area contributed by atoms with Crippen LogP contribution in [0.2, 0.25) is 0 Å². The van der Waals surface area contributed by atoms with E-state index < -0.39 is 0 Å². The number of nitrogens with zero attached hydrogens (tertiary/aromatic N) is 2. The average Bonchev–Trinajstić information content (AvgIpc) is 3.43. The van der Waals surface area contributed by atoms with Crippen molar-refractivity contribution in [2.75, 3.05) is 58.6 Å². The molecular weight excluding hydrogens is 408 g/mol. The van der Waals surface area contributed by atoms with Crippen LogP contribution in [0, 0.1) is 0 Å². The number of ether oxygens (including phenoxy) is 3. The summed E-state index contributed by atoms with van der Waals surface area (Å²) in [5.41, 5.74) is 0.743. The van der Waals surface area contributed by atoms with Crippen molar-refractivity contribution in [1.29, 1.82) is 0 Å². The van der Waals surface area contributed by atoms with Crippen molar-refractivity contribution in [2.45, 2.75) is 30.8 Å². The third-order valence-corrected chi connectivity index (χ3v) is 7.35. The Morgan fingerprint density at radius 3 is 2.66 bits per heavy atom. The molecule has 3 rings (SSSR count). The topological polar surface area (TPSA) is 63.5 Å². The van der Waals surface area contributed by atoms with E-state index in [1.165, 1.54) is 0 Å². The van der Waals surface area contributed by atoms with Gasteiger partial charge in [0.05, 0.1) is 25.4 Å². The first-order valence-electron chi connectivity index (χ1n) is 10.0. The number of phenols is 1. The smallest absolute Gasteiger partial charge is 0.129 e. The molecule has 0 amide bonds. The van der Waals surface area contributed by atoms with Gasteiger partial charge in [0.15, 0.2) is 0 Å². The summed E-state index contributed by atoms with van der Waals surface area (Å²) in [5.74, 6) is 2.60. The predicted molar refractivity (Wildman–Crippen MR) is 122 cm³/mol. The van der Waals surface area contributed by atoms with Gasteiger partial charge in [0.2, 0.25) is 0 Å². The molecule has 2 aliphatic rings. The van der Waals surface area contributed by atoms with Gasteiger partial charge in [-0.3, -0.25) is 9.89 Å². The monoisotopic (exact) mass is 440 g/mol. The van der Waals surface area contributed by atoms with Gasteiger partial charge < -0.3 is 19.3 Å². The summed E-state index contributed by atoms with van der Waals surface area (Å²) >= 11 is 6.12. The highest BCUT2D eigenvalue weighted by molar-refractivity contribution is 8.14. The lowest BCUT2D eigenvalue weighted by Crippen LogP contribution is -2.52. The minimum atomic E-state index is -0.147. The van der Waals surface area contributed by atoms with Crippen LogP contribution >= 0.6 is 24.4 Å². The largest absolute Gasteiger partial charge is 0.507 e. The van der Waals surface area contributed by atoms with E-state index in [0.29, 0.717) is 32.2 Å². The molecule has 0 radical (unpaired) electrons. The number of hydrogen-bond acceptors (Lipinski definition) is 8. The Labute approximate surface area is 183 Å². The Kier molecular flexibility index (Phi) is 7.78. The maximum Gasteiger partial charge on any atom is 0.129 e. The summed E-state index contributed by atoms with van der Waals surface area (Å²) in [6.07, 6.45) is 2.33. The van der Waals surface area contributed by atoms with Crippen molar-refractivity contribution in [3.63, 3.8) is 0 Å². The summed E-state index contributed by atoms with van der Waals surface area (Å²) in [6.45, 7) is 5.23. The third-order valence-electron chi connectivity index (χ3n) is 5.86. The van der Waals surface area contributed by atoms with Crippen LogP contribution < -0.4 is 4.74 Å². The Morgan fingerprint density at radius 2 is 2.00 bits per heavy atom. The highest BCUT2D eigenvalue weighted by Crippen LogP contribution is 2.55. The van der Waals surface area contributed by atoms with Gasteiger partial charge in [-0.15, -0.1) is 11.8 Å². The van der Waals surface area contributed by atoms with Gasteiger partial charge in [-0.2, -0.15) is 12.6 Å². The number of thiol groups is 1. The van der Waals surface area contributed by atoms with Crippen molar-refractivity contribution in [3.05, 3.63) is 23.8 Å². The summed E-state index contributed by atoms with van der Waals surface area (Å²) in [4.78, 5) is 7.52. The van der Waals surface area contributed by atoms with E-state index in [-0.39, 0.29) is 16.8 Å². The normalized spacial score (nSPS) is 22.7. The van der Waals surface area contributed by atoms with Crippen LogP contribution in [0.4, 0.5) is 0 Å². The second kappa shape index (κ2) is 9.92. The molecule has 1 atom stereocenters. The molecule has 1 fully saturated rings. The molecule has 0 saturated heterocycles. The molecule has 1 unspecified atom stereocenters. The quantitative estimate of drug-likeness (QED) is 0.385. The minimum Gasteiger partial charge on any atom is -0.507 e. The van der Waals surface area contributed by atoms with Crippen molar-refractivity contribution in [2.24, 2.45) is 4.99 Å². The van der Waals surface area contributed by atoms with Crippen LogP contribution in [-0.2, 0) is 9.47 Å².